The first-order chi connectivity index (χ1) is 5.72. The molecule has 0 aliphatic rings. The van der Waals surface area contributed by atoms with Gasteiger partial charge in [-0.15, -0.1) is 0 Å². The molecule has 0 aliphatic carbocycles. The van der Waals surface area contributed by atoms with E-state index in [1.165, 1.54) is 5.56 Å². The summed E-state index contributed by atoms with van der Waals surface area (Å²) in [5, 5.41) is 0. The third kappa shape index (κ3) is 2.95. The number of ether oxygens (including phenoxy) is 1. The second kappa shape index (κ2) is 4.63. The Morgan fingerprint density at radius 3 is 2.42 bits per heavy atom. The van der Waals surface area contributed by atoms with Crippen molar-refractivity contribution in [1.29, 1.82) is 0 Å². The van der Waals surface area contributed by atoms with Crippen LogP contribution in [0.25, 0.3) is 0 Å². The summed E-state index contributed by atoms with van der Waals surface area (Å²) < 4.78 is 6.29. The number of hydrogen-bond donors (Lipinski definition) is 0. The Morgan fingerprint density at radius 2 is 1.92 bits per heavy atom. The maximum Gasteiger partial charge on any atom is 0.0583 e. The first-order valence-corrected chi connectivity index (χ1v) is 4.79. The van der Waals surface area contributed by atoms with Crippen LogP contribution in [-0.4, -0.2) is 13.2 Å². The van der Waals surface area contributed by atoms with Crippen molar-refractivity contribution in [1.82, 2.24) is 0 Å². The Kier molecular flexibility index (Phi) is 3.76. The Labute approximate surface area is 81.9 Å². The van der Waals surface area contributed by atoms with Gasteiger partial charge in [0.2, 0.25) is 0 Å². The average molecular weight is 229 g/mol. The van der Waals surface area contributed by atoms with Gasteiger partial charge in [0, 0.05) is 11.6 Å². The fourth-order valence-electron chi connectivity index (χ4n) is 1.04. The SMILES string of the molecule is COC(C)Cc1ccc(Br)cc1. The molecule has 1 aromatic rings. The third-order valence-corrected chi connectivity index (χ3v) is 2.37. The molecular formula is C10H13BrO. The summed E-state index contributed by atoms with van der Waals surface area (Å²) in [7, 11) is 1.74. The van der Waals surface area contributed by atoms with Crippen molar-refractivity contribution in [2.45, 2.75) is 19.4 Å². The van der Waals surface area contributed by atoms with E-state index in [2.05, 4.69) is 47.1 Å². The predicted molar refractivity (Wildman–Crippen MR) is 54.3 cm³/mol. The highest BCUT2D eigenvalue weighted by molar-refractivity contribution is 9.10. The van der Waals surface area contributed by atoms with Gasteiger partial charge < -0.3 is 4.74 Å². The van der Waals surface area contributed by atoms with E-state index in [1.54, 1.807) is 7.11 Å². The smallest absolute Gasteiger partial charge is 0.0583 e. The fraction of sp³-hybridized carbons (Fsp3) is 0.400. The number of rotatable bonds is 3. The van der Waals surface area contributed by atoms with E-state index in [0.717, 1.165) is 10.9 Å². The van der Waals surface area contributed by atoms with Crippen LogP contribution in [0.1, 0.15) is 12.5 Å². The lowest BCUT2D eigenvalue weighted by Crippen LogP contribution is -2.08. The first-order valence-electron chi connectivity index (χ1n) is 3.99. The molecule has 1 rings (SSSR count). The maximum absolute atomic E-state index is 5.17. The van der Waals surface area contributed by atoms with E-state index in [9.17, 15) is 0 Å². The summed E-state index contributed by atoms with van der Waals surface area (Å²) in [6.45, 7) is 2.07. The largest absolute Gasteiger partial charge is 0.381 e. The van der Waals surface area contributed by atoms with Crippen molar-refractivity contribution in [3.05, 3.63) is 34.3 Å². The van der Waals surface area contributed by atoms with Gasteiger partial charge in [0.1, 0.15) is 0 Å². The number of hydrogen-bond acceptors (Lipinski definition) is 1. The molecule has 0 amide bonds. The van der Waals surface area contributed by atoms with Crippen molar-refractivity contribution in [3.8, 4) is 0 Å². The van der Waals surface area contributed by atoms with Crippen LogP contribution in [0.2, 0.25) is 0 Å². The van der Waals surface area contributed by atoms with E-state index in [0.29, 0.717) is 6.10 Å². The molecule has 0 bridgehead atoms. The molecule has 0 aliphatic heterocycles. The molecule has 2 heteroatoms. The molecule has 0 heterocycles. The van der Waals surface area contributed by atoms with E-state index in [-0.39, 0.29) is 0 Å². The molecule has 1 aromatic carbocycles. The van der Waals surface area contributed by atoms with E-state index < -0.39 is 0 Å². The normalized spacial score (nSPS) is 12.9. The standard InChI is InChI=1S/C10H13BrO/c1-8(12-2)7-9-3-5-10(11)6-4-9/h3-6,8H,7H2,1-2H3. The molecular weight excluding hydrogens is 216 g/mol. The zero-order chi connectivity index (χ0) is 8.97. The first kappa shape index (κ1) is 9.75. The average Bonchev–Trinajstić information content (AvgIpc) is 2.09. The maximum atomic E-state index is 5.17. The van der Waals surface area contributed by atoms with E-state index in [1.807, 2.05) is 0 Å². The number of halogens is 1. The summed E-state index contributed by atoms with van der Waals surface area (Å²) in [4.78, 5) is 0. The van der Waals surface area contributed by atoms with Gasteiger partial charge in [0.15, 0.2) is 0 Å². The molecule has 0 fully saturated rings. The van der Waals surface area contributed by atoms with Crippen molar-refractivity contribution < 1.29 is 4.74 Å². The molecule has 0 N–H and O–H groups in total. The van der Waals surface area contributed by atoms with Crippen LogP contribution in [0.3, 0.4) is 0 Å². The summed E-state index contributed by atoms with van der Waals surface area (Å²) >= 11 is 3.40. The van der Waals surface area contributed by atoms with Crippen molar-refractivity contribution in [2.24, 2.45) is 0 Å². The monoisotopic (exact) mass is 228 g/mol. The van der Waals surface area contributed by atoms with Gasteiger partial charge in [-0.3, -0.25) is 0 Å². The summed E-state index contributed by atoms with van der Waals surface area (Å²) in [6, 6.07) is 8.33. The predicted octanol–water partition coefficient (Wildman–Crippen LogP) is 3.03. The fourth-order valence-corrected chi connectivity index (χ4v) is 1.30. The molecule has 0 saturated heterocycles. The van der Waals surface area contributed by atoms with Gasteiger partial charge >= 0.3 is 0 Å². The van der Waals surface area contributed by atoms with Crippen LogP contribution in [0.15, 0.2) is 28.7 Å². The Morgan fingerprint density at radius 1 is 1.33 bits per heavy atom. The van der Waals surface area contributed by atoms with E-state index in [4.69, 9.17) is 4.74 Å². The van der Waals surface area contributed by atoms with Gasteiger partial charge in [0.25, 0.3) is 0 Å². The third-order valence-electron chi connectivity index (χ3n) is 1.84. The zero-order valence-corrected chi connectivity index (χ0v) is 8.97. The minimum atomic E-state index is 0.297. The van der Waals surface area contributed by atoms with Crippen LogP contribution in [0, 0.1) is 0 Å². The number of methoxy groups -OCH3 is 1. The second-order valence-electron chi connectivity index (χ2n) is 2.88. The van der Waals surface area contributed by atoms with Crippen molar-refractivity contribution >= 4 is 15.9 Å². The Hall–Kier alpha value is -0.340. The lowest BCUT2D eigenvalue weighted by molar-refractivity contribution is 0.119. The summed E-state index contributed by atoms with van der Waals surface area (Å²) in [6.07, 6.45) is 1.27. The van der Waals surface area contributed by atoms with Crippen LogP contribution in [-0.2, 0) is 11.2 Å². The van der Waals surface area contributed by atoms with Gasteiger partial charge in [-0.25, -0.2) is 0 Å². The van der Waals surface area contributed by atoms with Gasteiger partial charge in [-0.1, -0.05) is 28.1 Å². The highest BCUT2D eigenvalue weighted by Gasteiger charge is 2.00. The molecule has 12 heavy (non-hydrogen) atoms. The highest BCUT2D eigenvalue weighted by Crippen LogP contribution is 2.12. The van der Waals surface area contributed by atoms with Crippen molar-refractivity contribution in [3.63, 3.8) is 0 Å². The van der Waals surface area contributed by atoms with Gasteiger partial charge in [-0.2, -0.15) is 0 Å². The Bertz CT molecular complexity index is 230. The Balaban J connectivity index is 2.58. The molecule has 0 aromatic heterocycles. The van der Waals surface area contributed by atoms with Crippen LogP contribution < -0.4 is 0 Å². The molecule has 1 nitrogen and oxygen atoms in total. The van der Waals surface area contributed by atoms with Crippen molar-refractivity contribution in [2.75, 3.05) is 7.11 Å². The minimum absolute atomic E-state index is 0.297. The molecule has 66 valence electrons. The summed E-state index contributed by atoms with van der Waals surface area (Å²) in [5.41, 5.74) is 1.31. The molecule has 1 atom stereocenters. The molecule has 1 unspecified atom stereocenters. The molecule has 0 radical (unpaired) electrons. The molecule has 0 spiro atoms. The second-order valence-corrected chi connectivity index (χ2v) is 3.79. The summed E-state index contributed by atoms with van der Waals surface area (Å²) in [5.74, 6) is 0. The van der Waals surface area contributed by atoms with Crippen LogP contribution in [0.5, 0.6) is 0 Å². The quantitative estimate of drug-likeness (QED) is 0.774. The number of benzene rings is 1. The lowest BCUT2D eigenvalue weighted by atomic mass is 10.1. The highest BCUT2D eigenvalue weighted by atomic mass is 79.9. The lowest BCUT2D eigenvalue weighted by Gasteiger charge is -2.08. The minimum Gasteiger partial charge on any atom is -0.381 e. The van der Waals surface area contributed by atoms with Crippen LogP contribution >= 0.6 is 15.9 Å². The van der Waals surface area contributed by atoms with Gasteiger partial charge in [0.05, 0.1) is 6.10 Å². The van der Waals surface area contributed by atoms with Gasteiger partial charge in [-0.05, 0) is 31.0 Å². The zero-order valence-electron chi connectivity index (χ0n) is 7.38. The topological polar surface area (TPSA) is 9.23 Å². The molecule has 0 saturated carbocycles. The van der Waals surface area contributed by atoms with E-state index >= 15 is 0 Å². The van der Waals surface area contributed by atoms with Crippen LogP contribution in [0.4, 0.5) is 0 Å².